The molecule has 0 saturated heterocycles. The van der Waals surface area contributed by atoms with Crippen molar-refractivity contribution < 1.29 is 55.7 Å². The van der Waals surface area contributed by atoms with E-state index < -0.39 is 35.9 Å². The predicted octanol–water partition coefficient (Wildman–Crippen LogP) is 5.67. The predicted molar refractivity (Wildman–Crippen MR) is 153 cm³/mol. The number of aliphatic carboxylic acids is 2. The van der Waals surface area contributed by atoms with Gasteiger partial charge in [-0.3, -0.25) is 19.5 Å². The van der Waals surface area contributed by atoms with Crippen LogP contribution in [0.3, 0.4) is 0 Å². The topological polar surface area (TPSA) is 166 Å². The third-order valence-corrected chi connectivity index (χ3v) is 5.45. The average molecular weight is 662 g/mol. The second kappa shape index (κ2) is 15.4. The molecule has 0 aliphatic heterocycles. The molecule has 0 spiro atoms. The summed E-state index contributed by atoms with van der Waals surface area (Å²) < 4.78 is 63.5. The van der Waals surface area contributed by atoms with Crippen LogP contribution in [0.4, 0.5) is 32.0 Å². The van der Waals surface area contributed by atoms with Crippen molar-refractivity contribution >= 4 is 29.4 Å². The number of hydrogen-bond acceptors (Lipinski definition) is 6. The van der Waals surface area contributed by atoms with Gasteiger partial charge in [0.25, 0.3) is 5.91 Å². The Hall–Kier alpha value is -4.96. The van der Waals surface area contributed by atoms with E-state index in [0.29, 0.717) is 16.9 Å². The zero-order valence-electron chi connectivity index (χ0n) is 25.5. The number of alkyl halides is 6. The van der Waals surface area contributed by atoms with Crippen LogP contribution in [0.1, 0.15) is 69.2 Å². The van der Waals surface area contributed by atoms with Gasteiger partial charge < -0.3 is 20.5 Å². The van der Waals surface area contributed by atoms with Gasteiger partial charge in [-0.1, -0.05) is 39.0 Å². The molecule has 2 amide bonds. The minimum atomic E-state index is -5.08. The number of carboxylic acids is 2. The van der Waals surface area contributed by atoms with Crippen LogP contribution in [0.25, 0.3) is 0 Å². The van der Waals surface area contributed by atoms with E-state index in [0.717, 1.165) is 5.56 Å². The Labute approximate surface area is 259 Å². The maximum absolute atomic E-state index is 13.6. The van der Waals surface area contributed by atoms with Crippen molar-refractivity contribution in [2.24, 2.45) is 0 Å². The van der Waals surface area contributed by atoms with E-state index in [4.69, 9.17) is 19.8 Å². The van der Waals surface area contributed by atoms with Crippen molar-refractivity contribution in [1.82, 2.24) is 20.3 Å². The third kappa shape index (κ3) is 12.6. The van der Waals surface area contributed by atoms with E-state index >= 15 is 0 Å². The zero-order chi connectivity index (χ0) is 35.7. The van der Waals surface area contributed by atoms with Gasteiger partial charge >= 0.3 is 24.3 Å². The second-order valence-electron chi connectivity index (χ2n) is 11.5. The molecule has 0 aliphatic carbocycles. The summed E-state index contributed by atoms with van der Waals surface area (Å²) in [6.45, 7) is 12.1. The lowest BCUT2D eigenvalue weighted by Gasteiger charge is -2.33. The molecule has 2 heterocycles. The Balaban J connectivity index is 0.000000629. The van der Waals surface area contributed by atoms with Crippen molar-refractivity contribution in [2.75, 3.05) is 4.90 Å². The molecule has 3 aromatic rings. The molecule has 0 aliphatic rings. The molecule has 1 atom stereocenters. The number of halogens is 6. The fraction of sp³-hybridized carbons (Fsp3) is 0.379. The van der Waals surface area contributed by atoms with Crippen molar-refractivity contribution in [3.05, 3.63) is 78.1 Å². The van der Waals surface area contributed by atoms with E-state index in [1.807, 2.05) is 45.0 Å². The summed E-state index contributed by atoms with van der Waals surface area (Å²) in [5, 5.41) is 17.3. The van der Waals surface area contributed by atoms with Gasteiger partial charge in [0.2, 0.25) is 5.91 Å². The monoisotopic (exact) mass is 661 g/mol. The molecule has 2 aromatic heterocycles. The first-order valence-electron chi connectivity index (χ1n) is 13.1. The van der Waals surface area contributed by atoms with Crippen LogP contribution < -0.4 is 10.2 Å². The molecule has 46 heavy (non-hydrogen) atoms. The molecule has 252 valence electrons. The molecule has 4 N–H and O–H groups in total. The molecular formula is C29H33F6N5O6. The Morgan fingerprint density at radius 1 is 0.804 bits per heavy atom. The summed E-state index contributed by atoms with van der Waals surface area (Å²) in [5.41, 5.74) is 2.13. The standard InChI is InChI=1S/C25H31N5O2.2C2HF3O2/c1-24(2,3)18-9-11-19(12-10-18)30(23(32)20-15-27-16-28-20)21(17-8-7-13-26-14-17)22(31)29-25(4,5)6;2*3-2(4,5)1(6)7/h7-16,21H,1-6H3,(H,27,28)(H,29,31);2*(H,6,7)/t21-;;/m0../s1. The highest BCUT2D eigenvalue weighted by Gasteiger charge is 2.39. The van der Waals surface area contributed by atoms with Crippen LogP contribution in [0, 0.1) is 0 Å². The number of nitrogens with one attached hydrogen (secondary N) is 2. The molecule has 1 aromatic carbocycles. The highest BCUT2D eigenvalue weighted by molar-refractivity contribution is 6.09. The minimum Gasteiger partial charge on any atom is -0.475 e. The van der Waals surface area contributed by atoms with Crippen molar-refractivity contribution in [3.63, 3.8) is 0 Å². The van der Waals surface area contributed by atoms with E-state index in [1.165, 1.54) is 17.4 Å². The van der Waals surface area contributed by atoms with E-state index in [1.54, 1.807) is 24.5 Å². The van der Waals surface area contributed by atoms with Gasteiger partial charge in [-0.05, 0) is 49.9 Å². The smallest absolute Gasteiger partial charge is 0.475 e. The van der Waals surface area contributed by atoms with Crippen molar-refractivity contribution in [3.8, 4) is 0 Å². The maximum atomic E-state index is 13.6. The first kappa shape index (κ1) is 39.1. The second-order valence-corrected chi connectivity index (χ2v) is 11.5. The van der Waals surface area contributed by atoms with Crippen LogP contribution >= 0.6 is 0 Å². The van der Waals surface area contributed by atoms with Crippen LogP contribution in [-0.4, -0.2) is 66.8 Å². The quantitative estimate of drug-likeness (QED) is 0.254. The molecule has 0 bridgehead atoms. The lowest BCUT2D eigenvalue weighted by molar-refractivity contribution is -0.193. The summed E-state index contributed by atoms with van der Waals surface area (Å²) in [6.07, 6.45) is -4.01. The molecule has 17 heteroatoms. The number of amides is 2. The van der Waals surface area contributed by atoms with E-state index in [-0.39, 0.29) is 17.2 Å². The SMILES string of the molecule is CC(C)(C)NC(=O)[C@H](c1cccnc1)N(C(=O)c1cnc[nH]1)c1ccc(C(C)(C)C)cc1.O=C(O)C(F)(F)F.O=C(O)C(F)(F)F. The Morgan fingerprint density at radius 2 is 1.30 bits per heavy atom. The largest absolute Gasteiger partial charge is 0.490 e. The summed E-state index contributed by atoms with van der Waals surface area (Å²) in [6, 6.07) is 10.4. The molecular weight excluding hydrogens is 628 g/mol. The summed E-state index contributed by atoms with van der Waals surface area (Å²) in [4.78, 5) is 57.5. The van der Waals surface area contributed by atoms with Gasteiger partial charge in [-0.2, -0.15) is 26.3 Å². The summed E-state index contributed by atoms with van der Waals surface area (Å²) in [7, 11) is 0. The number of imidazole rings is 1. The maximum Gasteiger partial charge on any atom is 0.490 e. The average Bonchev–Trinajstić information content (AvgIpc) is 3.45. The third-order valence-electron chi connectivity index (χ3n) is 5.45. The highest BCUT2D eigenvalue weighted by Crippen LogP contribution is 2.32. The molecule has 0 saturated carbocycles. The summed E-state index contributed by atoms with van der Waals surface area (Å²) >= 11 is 0. The molecule has 0 radical (unpaired) electrons. The number of nitrogens with zero attached hydrogens (tertiary/aromatic N) is 3. The van der Waals surface area contributed by atoms with Gasteiger partial charge in [-0.25, -0.2) is 14.6 Å². The Morgan fingerprint density at radius 3 is 1.65 bits per heavy atom. The van der Waals surface area contributed by atoms with Crippen molar-refractivity contribution in [1.29, 1.82) is 0 Å². The lowest BCUT2D eigenvalue weighted by atomic mass is 9.87. The van der Waals surface area contributed by atoms with Gasteiger partial charge in [0.1, 0.15) is 11.7 Å². The first-order valence-corrected chi connectivity index (χ1v) is 13.1. The fourth-order valence-corrected chi connectivity index (χ4v) is 3.40. The van der Waals surface area contributed by atoms with Gasteiger partial charge in [0.15, 0.2) is 0 Å². The molecule has 0 fully saturated rings. The number of carbonyl (C=O) groups excluding carboxylic acids is 2. The number of anilines is 1. The van der Waals surface area contributed by atoms with Gasteiger partial charge in [-0.15, -0.1) is 0 Å². The number of pyridine rings is 1. The zero-order valence-corrected chi connectivity index (χ0v) is 25.5. The number of carboxylic acid groups (broad SMARTS) is 2. The highest BCUT2D eigenvalue weighted by atomic mass is 19.4. The van der Waals surface area contributed by atoms with Crippen LogP contribution in [-0.2, 0) is 19.8 Å². The number of rotatable bonds is 5. The Bertz CT molecular complexity index is 1420. The van der Waals surface area contributed by atoms with Crippen molar-refractivity contribution in [2.45, 2.75) is 70.9 Å². The number of aromatic amines is 1. The minimum absolute atomic E-state index is 0.0386. The first-order chi connectivity index (χ1) is 20.9. The van der Waals surface area contributed by atoms with Gasteiger partial charge in [0, 0.05) is 29.2 Å². The number of benzene rings is 1. The van der Waals surface area contributed by atoms with Gasteiger partial charge in [0.05, 0.1) is 12.5 Å². The number of aromatic nitrogens is 3. The number of H-pyrrole nitrogens is 1. The normalized spacial score (nSPS) is 12.3. The Kier molecular flexibility index (Phi) is 13.0. The summed E-state index contributed by atoms with van der Waals surface area (Å²) in [5.74, 6) is -6.16. The lowest BCUT2D eigenvalue weighted by Crippen LogP contribution is -2.49. The molecule has 3 rings (SSSR count). The fourth-order valence-electron chi connectivity index (χ4n) is 3.40. The molecule has 0 unspecified atom stereocenters. The van der Waals surface area contributed by atoms with Crippen LogP contribution in [0.2, 0.25) is 0 Å². The molecule has 11 nitrogen and oxygen atoms in total. The number of carbonyl (C=O) groups is 4. The van der Waals surface area contributed by atoms with Crippen LogP contribution in [0.15, 0.2) is 61.3 Å². The van der Waals surface area contributed by atoms with E-state index in [9.17, 15) is 35.9 Å². The van der Waals surface area contributed by atoms with E-state index in [2.05, 4.69) is 41.0 Å². The number of hydrogen-bond donors (Lipinski definition) is 4. The van der Waals surface area contributed by atoms with Crippen LogP contribution in [0.5, 0.6) is 0 Å².